The van der Waals surface area contributed by atoms with Gasteiger partial charge in [-0.05, 0) is 25.7 Å². The molecule has 0 saturated carbocycles. The predicted octanol–water partition coefficient (Wildman–Crippen LogP) is -1.27. The summed E-state index contributed by atoms with van der Waals surface area (Å²) in [6.45, 7) is 5.66. The molecule has 2 rings (SSSR count). The number of likely N-dealkylation sites (tertiary alicyclic amines) is 1. The van der Waals surface area contributed by atoms with E-state index in [9.17, 15) is 53.7 Å². The molecule has 0 aromatic rings. The highest BCUT2D eigenvalue weighted by atomic mass is 32.2. The summed E-state index contributed by atoms with van der Waals surface area (Å²) in [6, 6.07) is -1.08. The first kappa shape index (κ1) is 44.4. The van der Waals surface area contributed by atoms with Gasteiger partial charge in [0.25, 0.3) is 0 Å². The maximum atomic E-state index is 12.9. The van der Waals surface area contributed by atoms with Crippen molar-refractivity contribution in [1.29, 1.82) is 0 Å². The van der Waals surface area contributed by atoms with Crippen LogP contribution in [-0.4, -0.2) is 178 Å². The lowest BCUT2D eigenvalue weighted by Gasteiger charge is -2.30. The lowest BCUT2D eigenvalue weighted by molar-refractivity contribution is -0.145. The van der Waals surface area contributed by atoms with E-state index in [4.69, 9.17) is 0 Å². The molecular weight excluding hydrogens is 702 g/mol. The average molecular weight is 758 g/mol. The number of aliphatic carboxylic acids is 3. The first-order chi connectivity index (χ1) is 24.7. The van der Waals surface area contributed by atoms with Crippen molar-refractivity contribution in [3.05, 3.63) is 0 Å². The van der Waals surface area contributed by atoms with E-state index >= 15 is 0 Å². The van der Waals surface area contributed by atoms with E-state index in [0.29, 0.717) is 31.9 Å². The number of rotatable bonds is 23. The molecule has 294 valence electrons. The summed E-state index contributed by atoms with van der Waals surface area (Å²) < 4.78 is 0. The lowest BCUT2D eigenvalue weighted by atomic mass is 10.1. The van der Waals surface area contributed by atoms with Gasteiger partial charge in [-0.3, -0.25) is 58.0 Å². The van der Waals surface area contributed by atoms with Gasteiger partial charge in [0.15, 0.2) is 0 Å². The summed E-state index contributed by atoms with van der Waals surface area (Å²) in [5.74, 6) is -4.34. The van der Waals surface area contributed by atoms with Crippen molar-refractivity contribution in [2.24, 2.45) is 5.92 Å². The second-order valence-electron chi connectivity index (χ2n) is 13.2. The van der Waals surface area contributed by atoms with Crippen molar-refractivity contribution in [3.8, 4) is 0 Å². The Labute approximate surface area is 308 Å². The molecule has 0 spiro atoms. The van der Waals surface area contributed by atoms with Crippen LogP contribution in [0, 0.1) is 5.92 Å². The molecule has 0 aromatic carbocycles. The topological polar surface area (TPSA) is 246 Å². The fourth-order valence-corrected chi connectivity index (χ4v) is 6.88. The maximum Gasteiger partial charge on any atom is 0.320 e. The summed E-state index contributed by atoms with van der Waals surface area (Å²) >= 11 is 1.24. The summed E-state index contributed by atoms with van der Waals surface area (Å²) in [4.78, 5) is 103. The summed E-state index contributed by atoms with van der Waals surface area (Å²) in [7, 11) is 0. The molecule has 18 nitrogen and oxygen atoms in total. The highest BCUT2D eigenvalue weighted by Gasteiger charge is 2.38. The minimum absolute atomic E-state index is 0.00364. The van der Waals surface area contributed by atoms with Crippen molar-refractivity contribution >= 4 is 59.2 Å². The normalized spacial score (nSPS) is 18.4. The Morgan fingerprint density at radius 3 is 1.85 bits per heavy atom. The molecule has 6 N–H and O–H groups in total. The van der Waals surface area contributed by atoms with Crippen LogP contribution in [-0.2, 0) is 38.4 Å². The second-order valence-corrected chi connectivity index (χ2v) is 14.5. The van der Waals surface area contributed by atoms with Crippen molar-refractivity contribution in [1.82, 2.24) is 35.6 Å². The highest BCUT2D eigenvalue weighted by Crippen LogP contribution is 2.25. The molecule has 0 aliphatic carbocycles. The zero-order valence-corrected chi connectivity index (χ0v) is 31.0. The van der Waals surface area contributed by atoms with Crippen molar-refractivity contribution in [2.45, 2.75) is 70.1 Å². The Balaban J connectivity index is 1.72. The zero-order chi connectivity index (χ0) is 38.6. The van der Waals surface area contributed by atoms with Crippen LogP contribution in [0.15, 0.2) is 0 Å². The average Bonchev–Trinajstić information content (AvgIpc) is 3.37. The van der Waals surface area contributed by atoms with Gasteiger partial charge < -0.3 is 31.3 Å². The minimum Gasteiger partial charge on any atom is -0.480 e. The van der Waals surface area contributed by atoms with Crippen molar-refractivity contribution < 1.29 is 53.7 Å². The molecule has 2 unspecified atom stereocenters. The molecule has 2 heterocycles. The van der Waals surface area contributed by atoms with E-state index in [-0.39, 0.29) is 108 Å². The molecule has 52 heavy (non-hydrogen) atoms. The predicted molar refractivity (Wildman–Crippen MR) is 190 cm³/mol. The Morgan fingerprint density at radius 2 is 1.29 bits per heavy atom. The highest BCUT2D eigenvalue weighted by molar-refractivity contribution is 8.00. The van der Waals surface area contributed by atoms with E-state index in [1.54, 1.807) is 14.7 Å². The van der Waals surface area contributed by atoms with Gasteiger partial charge in [-0.1, -0.05) is 13.8 Å². The molecule has 2 fully saturated rings. The maximum absolute atomic E-state index is 12.9. The zero-order valence-electron chi connectivity index (χ0n) is 30.2. The summed E-state index contributed by atoms with van der Waals surface area (Å²) in [5.41, 5.74) is 0. The number of nitrogens with zero attached hydrogens (tertiary/aromatic N) is 4. The van der Waals surface area contributed by atoms with Crippen LogP contribution in [0.5, 0.6) is 0 Å². The van der Waals surface area contributed by atoms with Gasteiger partial charge in [0.05, 0.1) is 18.3 Å². The monoisotopic (exact) mass is 757 g/mol. The molecule has 2 aliphatic rings. The third-order valence-electron chi connectivity index (χ3n) is 8.74. The van der Waals surface area contributed by atoms with E-state index in [1.807, 2.05) is 13.8 Å². The molecule has 19 heteroatoms. The van der Waals surface area contributed by atoms with Gasteiger partial charge in [-0.25, -0.2) is 0 Å². The lowest BCUT2D eigenvalue weighted by Crippen LogP contribution is -2.47. The van der Waals surface area contributed by atoms with Gasteiger partial charge in [0, 0.05) is 96.4 Å². The smallest absolute Gasteiger partial charge is 0.320 e. The molecule has 0 bridgehead atoms. The Hall–Kier alpha value is -3.81. The van der Waals surface area contributed by atoms with Crippen LogP contribution in [0.2, 0.25) is 0 Å². The van der Waals surface area contributed by atoms with Gasteiger partial charge >= 0.3 is 17.9 Å². The second kappa shape index (κ2) is 23.7. The van der Waals surface area contributed by atoms with Gasteiger partial charge in [-0.2, -0.15) is 0 Å². The number of unbranched alkanes of at least 4 members (excludes halogenated alkanes) is 2. The van der Waals surface area contributed by atoms with Crippen LogP contribution in [0.3, 0.4) is 0 Å². The van der Waals surface area contributed by atoms with Gasteiger partial charge in [0.1, 0.15) is 6.04 Å². The number of thioether (sulfide) groups is 1. The first-order valence-corrected chi connectivity index (χ1v) is 18.8. The van der Waals surface area contributed by atoms with E-state index in [2.05, 4.69) is 16.0 Å². The molecule has 0 aromatic heterocycles. The fourth-order valence-electron chi connectivity index (χ4n) is 5.76. The fraction of sp³-hybridized carbons (Fsp3) is 0.758. The SMILES string of the molecule is CC(C)C(=O)NCCCCCNC(=O)CCSC1CC(=O)N(CCNC(=O)CCC(C(=O)O)N2CCN(CC(=O)O)CCN(CC(=O)O)CC2)C1=O. The molecule has 0 radical (unpaired) electrons. The molecule has 2 saturated heterocycles. The van der Waals surface area contributed by atoms with Crippen LogP contribution >= 0.6 is 11.8 Å². The van der Waals surface area contributed by atoms with E-state index in [1.165, 1.54) is 11.8 Å². The van der Waals surface area contributed by atoms with Gasteiger partial charge in [-0.15, -0.1) is 11.8 Å². The van der Waals surface area contributed by atoms with E-state index in [0.717, 1.165) is 24.2 Å². The molecule has 2 atom stereocenters. The Kier molecular flexibility index (Phi) is 20.2. The van der Waals surface area contributed by atoms with Crippen molar-refractivity contribution in [3.63, 3.8) is 0 Å². The number of hydrogen-bond acceptors (Lipinski definition) is 12. The van der Waals surface area contributed by atoms with Crippen molar-refractivity contribution in [2.75, 3.05) is 84.3 Å². The molecular formula is C33H55N7O11S. The van der Waals surface area contributed by atoms with Crippen LogP contribution < -0.4 is 16.0 Å². The molecule has 2 aliphatic heterocycles. The quantitative estimate of drug-likeness (QED) is 0.0526. The number of amides is 5. The Bertz CT molecular complexity index is 1230. The van der Waals surface area contributed by atoms with Gasteiger partial charge in [0.2, 0.25) is 29.5 Å². The number of imide groups is 1. The van der Waals surface area contributed by atoms with Crippen LogP contribution in [0.4, 0.5) is 0 Å². The minimum atomic E-state index is -1.17. The third-order valence-corrected chi connectivity index (χ3v) is 9.95. The summed E-state index contributed by atoms with van der Waals surface area (Å²) in [6.07, 6.45) is 2.42. The number of carboxylic acid groups (broad SMARTS) is 3. The number of carbonyl (C=O) groups is 8. The summed E-state index contributed by atoms with van der Waals surface area (Å²) in [5, 5.41) is 36.2. The Morgan fingerprint density at radius 1 is 0.750 bits per heavy atom. The van der Waals surface area contributed by atoms with E-state index < -0.39 is 35.1 Å². The number of hydrogen-bond donors (Lipinski definition) is 6. The number of carbonyl (C=O) groups excluding carboxylic acids is 5. The third kappa shape index (κ3) is 17.1. The molecule has 5 amide bonds. The standard InChI is InChI=1S/C33H55N7O11S/c1-23(2)31(48)36-10-5-3-4-9-34-27(42)8-19-52-25-20-28(43)40(32(25)49)12-11-35-26(41)7-6-24(33(50)51)39-17-15-37(21-29(44)45)13-14-38(16-18-39)22-30(46)47/h23-25H,3-22H2,1-2H3,(H,34,42)(H,35,41)(H,36,48)(H,44,45)(H,46,47)(H,50,51). The first-order valence-electron chi connectivity index (χ1n) is 17.8. The number of carboxylic acids is 3. The largest absolute Gasteiger partial charge is 0.480 e. The van der Waals surface area contributed by atoms with Crippen LogP contribution in [0.25, 0.3) is 0 Å². The van der Waals surface area contributed by atoms with Crippen LogP contribution in [0.1, 0.15) is 58.8 Å². The number of nitrogens with one attached hydrogen (secondary N) is 3.